The van der Waals surface area contributed by atoms with Crippen LogP contribution in [0.5, 0.6) is 5.75 Å². The first kappa shape index (κ1) is 13.2. The molecule has 92 valence electrons. The second-order valence-electron chi connectivity index (χ2n) is 3.69. The van der Waals surface area contributed by atoms with Gasteiger partial charge in [-0.3, -0.25) is 4.79 Å². The van der Waals surface area contributed by atoms with Gasteiger partial charge in [-0.05, 0) is 30.7 Å². The van der Waals surface area contributed by atoms with E-state index in [1.54, 1.807) is 19.1 Å². The van der Waals surface area contributed by atoms with Crippen molar-refractivity contribution in [3.63, 3.8) is 0 Å². The number of aliphatic carboxylic acids is 1. The lowest BCUT2D eigenvalue weighted by molar-refractivity contribution is -0.141. The average molecular weight is 237 g/mol. The zero-order valence-electron chi connectivity index (χ0n) is 9.77. The highest BCUT2D eigenvalue weighted by atomic mass is 16.5. The van der Waals surface area contributed by atoms with Crippen LogP contribution in [-0.2, 0) is 4.79 Å². The fourth-order valence-corrected chi connectivity index (χ4v) is 1.41. The number of ketones is 1. The van der Waals surface area contributed by atoms with Gasteiger partial charge in [0.05, 0.1) is 7.11 Å². The first-order valence-corrected chi connectivity index (χ1v) is 5.16. The summed E-state index contributed by atoms with van der Waals surface area (Å²) >= 11 is 0. The number of benzene rings is 1. The van der Waals surface area contributed by atoms with E-state index in [0.717, 1.165) is 0 Å². The van der Waals surface area contributed by atoms with Crippen LogP contribution in [0.25, 0.3) is 0 Å². The van der Waals surface area contributed by atoms with Crippen molar-refractivity contribution in [3.05, 3.63) is 29.8 Å². The van der Waals surface area contributed by atoms with Gasteiger partial charge < -0.3 is 15.6 Å². The van der Waals surface area contributed by atoms with E-state index in [1.807, 2.05) is 0 Å². The summed E-state index contributed by atoms with van der Waals surface area (Å²) in [6.07, 6.45) is 0.0349. The molecule has 0 amide bonds. The van der Waals surface area contributed by atoms with E-state index in [2.05, 4.69) is 0 Å². The van der Waals surface area contributed by atoms with Gasteiger partial charge in [-0.25, -0.2) is 4.79 Å². The fourth-order valence-electron chi connectivity index (χ4n) is 1.41. The minimum Gasteiger partial charge on any atom is -0.497 e. The van der Waals surface area contributed by atoms with E-state index in [9.17, 15) is 9.59 Å². The number of nitrogens with two attached hydrogens (primary N) is 1. The predicted molar refractivity (Wildman–Crippen MR) is 62.2 cm³/mol. The molecule has 0 aromatic heterocycles. The number of carbonyl (C=O) groups is 2. The maximum Gasteiger partial charge on any atom is 0.331 e. The Morgan fingerprint density at radius 3 is 2.24 bits per heavy atom. The summed E-state index contributed by atoms with van der Waals surface area (Å²) in [6, 6.07) is 6.18. The minimum atomic E-state index is -1.87. The number of rotatable bonds is 5. The molecule has 0 saturated heterocycles. The number of carbonyl (C=O) groups excluding carboxylic acids is 1. The molecular formula is C12H15NO4. The molecule has 1 atom stereocenters. The molecule has 0 aliphatic heterocycles. The third kappa shape index (κ3) is 2.45. The van der Waals surface area contributed by atoms with Crippen LogP contribution < -0.4 is 10.5 Å². The van der Waals surface area contributed by atoms with Gasteiger partial charge in [0.25, 0.3) is 0 Å². The summed E-state index contributed by atoms with van der Waals surface area (Å²) in [5, 5.41) is 8.99. The predicted octanol–water partition coefficient (Wildman–Crippen LogP) is 1.07. The molecule has 1 aromatic rings. The SMILES string of the molecule is CCC(N)(C(=O)O)C(=O)c1ccc(OC)cc1. The third-order valence-corrected chi connectivity index (χ3v) is 2.70. The Balaban J connectivity index is 3.06. The molecule has 0 heterocycles. The van der Waals surface area contributed by atoms with Gasteiger partial charge >= 0.3 is 5.97 Å². The number of ether oxygens (including phenoxy) is 1. The molecule has 0 spiro atoms. The molecule has 0 aliphatic carbocycles. The van der Waals surface area contributed by atoms with E-state index in [0.29, 0.717) is 5.75 Å². The number of Topliss-reactive ketones (excluding diaryl/α,β-unsaturated/α-hetero) is 1. The van der Waals surface area contributed by atoms with Gasteiger partial charge in [0.15, 0.2) is 11.3 Å². The van der Waals surface area contributed by atoms with Crippen LogP contribution in [0.3, 0.4) is 0 Å². The number of carboxylic acids is 1. The normalized spacial score (nSPS) is 13.8. The second-order valence-corrected chi connectivity index (χ2v) is 3.69. The topological polar surface area (TPSA) is 89.6 Å². The van der Waals surface area contributed by atoms with Crippen LogP contribution >= 0.6 is 0 Å². The van der Waals surface area contributed by atoms with Crippen LogP contribution in [0.1, 0.15) is 23.7 Å². The first-order chi connectivity index (χ1) is 7.95. The molecule has 5 heteroatoms. The summed E-state index contributed by atoms with van der Waals surface area (Å²) < 4.78 is 4.95. The Hall–Kier alpha value is -1.88. The van der Waals surface area contributed by atoms with Gasteiger partial charge in [-0.2, -0.15) is 0 Å². The first-order valence-electron chi connectivity index (χ1n) is 5.16. The van der Waals surface area contributed by atoms with Crippen molar-refractivity contribution < 1.29 is 19.4 Å². The number of carboxylic acid groups (broad SMARTS) is 1. The zero-order valence-corrected chi connectivity index (χ0v) is 9.77. The quantitative estimate of drug-likeness (QED) is 0.590. The van der Waals surface area contributed by atoms with Crippen molar-refractivity contribution in [1.29, 1.82) is 0 Å². The summed E-state index contributed by atoms with van der Waals surface area (Å²) in [5.41, 5.74) is 4.00. The largest absolute Gasteiger partial charge is 0.497 e. The molecule has 0 fully saturated rings. The maximum atomic E-state index is 12.0. The zero-order chi connectivity index (χ0) is 13.1. The molecule has 5 nitrogen and oxygen atoms in total. The summed E-state index contributed by atoms with van der Waals surface area (Å²) in [6.45, 7) is 1.57. The van der Waals surface area contributed by atoms with Crippen LogP contribution in [0, 0.1) is 0 Å². The van der Waals surface area contributed by atoms with Crippen LogP contribution in [-0.4, -0.2) is 29.5 Å². The van der Waals surface area contributed by atoms with E-state index in [-0.39, 0.29) is 12.0 Å². The minimum absolute atomic E-state index is 0.0349. The van der Waals surface area contributed by atoms with Crippen molar-refractivity contribution in [2.75, 3.05) is 7.11 Å². The van der Waals surface area contributed by atoms with Crippen molar-refractivity contribution in [3.8, 4) is 5.75 Å². The Morgan fingerprint density at radius 2 is 1.88 bits per heavy atom. The monoisotopic (exact) mass is 237 g/mol. The Labute approximate surface area is 99.2 Å². The van der Waals surface area contributed by atoms with Crippen LogP contribution in [0.2, 0.25) is 0 Å². The molecule has 1 unspecified atom stereocenters. The lowest BCUT2D eigenvalue weighted by Gasteiger charge is -2.21. The van der Waals surface area contributed by atoms with E-state index < -0.39 is 17.3 Å². The summed E-state index contributed by atoms with van der Waals surface area (Å²) in [7, 11) is 1.51. The van der Waals surface area contributed by atoms with Crippen LogP contribution in [0.15, 0.2) is 24.3 Å². The average Bonchev–Trinajstić information content (AvgIpc) is 2.36. The molecule has 0 saturated carbocycles. The smallest absolute Gasteiger partial charge is 0.331 e. The molecule has 3 N–H and O–H groups in total. The van der Waals surface area contributed by atoms with E-state index >= 15 is 0 Å². The van der Waals surface area contributed by atoms with Crippen molar-refractivity contribution in [1.82, 2.24) is 0 Å². The highest BCUT2D eigenvalue weighted by molar-refractivity contribution is 6.15. The van der Waals surface area contributed by atoms with Gasteiger partial charge in [0.1, 0.15) is 5.75 Å². The highest BCUT2D eigenvalue weighted by Gasteiger charge is 2.40. The fraction of sp³-hybridized carbons (Fsp3) is 0.333. The number of hydrogen-bond acceptors (Lipinski definition) is 4. The summed E-state index contributed by atoms with van der Waals surface area (Å²) in [4.78, 5) is 23.0. The molecule has 0 radical (unpaired) electrons. The standard InChI is InChI=1S/C12H15NO4/c1-3-12(13,11(15)16)10(14)8-4-6-9(17-2)7-5-8/h4-7H,3,13H2,1-2H3,(H,15,16). The Bertz CT molecular complexity index is 427. The van der Waals surface area contributed by atoms with Crippen molar-refractivity contribution in [2.24, 2.45) is 5.73 Å². The lowest BCUT2D eigenvalue weighted by atomic mass is 9.88. The number of hydrogen-bond donors (Lipinski definition) is 2. The van der Waals surface area contributed by atoms with E-state index in [1.165, 1.54) is 19.2 Å². The van der Waals surface area contributed by atoms with E-state index in [4.69, 9.17) is 15.6 Å². The summed E-state index contributed by atoms with van der Waals surface area (Å²) in [5.74, 6) is -1.33. The molecule has 1 aromatic carbocycles. The molecule has 0 aliphatic rings. The molecular weight excluding hydrogens is 222 g/mol. The van der Waals surface area contributed by atoms with Gasteiger partial charge in [-0.1, -0.05) is 6.92 Å². The lowest BCUT2D eigenvalue weighted by Crippen LogP contribution is -2.54. The van der Waals surface area contributed by atoms with Gasteiger partial charge in [-0.15, -0.1) is 0 Å². The number of methoxy groups -OCH3 is 1. The Kier molecular flexibility index (Phi) is 3.85. The molecule has 0 bridgehead atoms. The van der Waals surface area contributed by atoms with Crippen molar-refractivity contribution in [2.45, 2.75) is 18.9 Å². The second kappa shape index (κ2) is 4.97. The van der Waals surface area contributed by atoms with Crippen LogP contribution in [0.4, 0.5) is 0 Å². The third-order valence-electron chi connectivity index (χ3n) is 2.70. The Morgan fingerprint density at radius 1 is 1.35 bits per heavy atom. The molecule has 17 heavy (non-hydrogen) atoms. The highest BCUT2D eigenvalue weighted by Crippen LogP contribution is 2.18. The molecule has 1 rings (SSSR count). The van der Waals surface area contributed by atoms with Gasteiger partial charge in [0.2, 0.25) is 0 Å². The maximum absolute atomic E-state index is 12.0. The van der Waals surface area contributed by atoms with Crippen molar-refractivity contribution >= 4 is 11.8 Å². The van der Waals surface area contributed by atoms with Gasteiger partial charge in [0, 0.05) is 5.56 Å².